The number of urea groups is 1. The Kier molecular flexibility index (Phi) is 6.66. The summed E-state index contributed by atoms with van der Waals surface area (Å²) in [6.07, 6.45) is 1.11. The van der Waals surface area contributed by atoms with Crippen molar-refractivity contribution >= 4 is 62.9 Å². The predicted octanol–water partition coefficient (Wildman–Crippen LogP) is 4.74. The smallest absolute Gasteiger partial charge is 0.339 e. The molecule has 1 heterocycles. The third-order valence-corrected chi connectivity index (χ3v) is 6.74. The SMILES string of the molecule is Cc1ccc(Cl)cc1N1C(=O)NC(=O)/C(=C\c2cc(Cl)ccc2OS(=O)(=O)c2ccccc2)C1=O. The van der Waals surface area contributed by atoms with Crippen molar-refractivity contribution in [3.63, 3.8) is 0 Å². The number of barbiturate groups is 1. The normalized spacial score (nSPS) is 15.3. The number of nitrogens with one attached hydrogen (secondary N) is 1. The first-order valence-electron chi connectivity index (χ1n) is 10.0. The van der Waals surface area contributed by atoms with Crippen molar-refractivity contribution in [2.75, 3.05) is 4.90 Å². The van der Waals surface area contributed by atoms with Gasteiger partial charge >= 0.3 is 16.1 Å². The highest BCUT2D eigenvalue weighted by Crippen LogP contribution is 2.31. The Labute approximate surface area is 210 Å². The van der Waals surface area contributed by atoms with Gasteiger partial charge in [-0.3, -0.25) is 14.9 Å². The fraction of sp³-hybridized carbons (Fsp3) is 0.0417. The van der Waals surface area contributed by atoms with Gasteiger partial charge in [-0.15, -0.1) is 0 Å². The van der Waals surface area contributed by atoms with Crippen molar-refractivity contribution in [1.82, 2.24) is 5.32 Å². The summed E-state index contributed by atoms with van der Waals surface area (Å²) in [5.41, 5.74) is 0.348. The highest BCUT2D eigenvalue weighted by Gasteiger charge is 2.37. The number of hydrogen-bond acceptors (Lipinski definition) is 6. The standard InChI is InChI=1S/C24H16Cl2N2O6S/c1-14-7-8-17(26)13-20(14)28-23(30)19(22(29)27-24(28)31)12-15-11-16(25)9-10-21(15)34-35(32,33)18-5-3-2-4-6-18/h2-13H,1H3,(H,27,29,31)/b19-12+. The van der Waals surface area contributed by atoms with Crippen LogP contribution in [0.1, 0.15) is 11.1 Å². The van der Waals surface area contributed by atoms with E-state index in [4.69, 9.17) is 27.4 Å². The lowest BCUT2D eigenvalue weighted by Gasteiger charge is -2.27. The number of amides is 4. The van der Waals surface area contributed by atoms with Crippen molar-refractivity contribution in [2.45, 2.75) is 11.8 Å². The second kappa shape index (κ2) is 9.53. The van der Waals surface area contributed by atoms with Gasteiger partial charge in [0.05, 0.1) is 5.69 Å². The van der Waals surface area contributed by atoms with Crippen LogP contribution < -0.4 is 14.4 Å². The van der Waals surface area contributed by atoms with Crippen LogP contribution in [-0.4, -0.2) is 26.3 Å². The zero-order valence-corrected chi connectivity index (χ0v) is 20.3. The number of imide groups is 2. The molecule has 0 spiro atoms. The van der Waals surface area contributed by atoms with Gasteiger partial charge in [-0.1, -0.05) is 47.5 Å². The Hall–Kier alpha value is -3.66. The Bertz CT molecular complexity index is 1500. The van der Waals surface area contributed by atoms with Gasteiger partial charge in [0.2, 0.25) is 0 Å². The molecule has 1 N–H and O–H groups in total. The molecule has 0 atom stereocenters. The Balaban J connectivity index is 1.78. The van der Waals surface area contributed by atoms with Crippen molar-refractivity contribution < 1.29 is 27.0 Å². The lowest BCUT2D eigenvalue weighted by molar-refractivity contribution is -0.122. The number of halogens is 2. The number of carbonyl (C=O) groups excluding carboxylic acids is 3. The first kappa shape index (κ1) is 24.5. The summed E-state index contributed by atoms with van der Waals surface area (Å²) >= 11 is 12.1. The lowest BCUT2D eigenvalue weighted by Crippen LogP contribution is -2.54. The van der Waals surface area contributed by atoms with Crippen LogP contribution in [-0.2, 0) is 19.7 Å². The van der Waals surface area contributed by atoms with Gasteiger partial charge in [0.1, 0.15) is 16.2 Å². The number of rotatable bonds is 5. The highest BCUT2D eigenvalue weighted by molar-refractivity contribution is 7.87. The average Bonchev–Trinajstić information content (AvgIpc) is 2.81. The van der Waals surface area contributed by atoms with Crippen molar-refractivity contribution in [1.29, 1.82) is 0 Å². The van der Waals surface area contributed by atoms with Crippen LogP contribution in [0.25, 0.3) is 6.08 Å². The lowest BCUT2D eigenvalue weighted by atomic mass is 10.1. The van der Waals surface area contributed by atoms with Gasteiger partial charge in [0, 0.05) is 15.6 Å². The van der Waals surface area contributed by atoms with Crippen LogP contribution in [0, 0.1) is 6.92 Å². The van der Waals surface area contributed by atoms with Crippen LogP contribution in [0.2, 0.25) is 10.0 Å². The third-order valence-electron chi connectivity index (χ3n) is 5.02. The van der Waals surface area contributed by atoms with E-state index in [0.717, 1.165) is 11.0 Å². The fourth-order valence-corrected chi connectivity index (χ4v) is 4.64. The molecule has 35 heavy (non-hydrogen) atoms. The maximum atomic E-state index is 13.3. The molecule has 3 aromatic carbocycles. The van der Waals surface area contributed by atoms with E-state index in [1.165, 1.54) is 48.5 Å². The molecule has 3 aromatic rings. The summed E-state index contributed by atoms with van der Waals surface area (Å²) in [6.45, 7) is 1.67. The maximum absolute atomic E-state index is 13.3. The molecule has 1 aliphatic rings. The molecule has 1 aliphatic heterocycles. The fourth-order valence-electron chi connectivity index (χ4n) is 3.32. The minimum absolute atomic E-state index is 0.0348. The van der Waals surface area contributed by atoms with Crippen LogP contribution in [0.15, 0.2) is 77.2 Å². The minimum Gasteiger partial charge on any atom is -0.378 e. The predicted molar refractivity (Wildman–Crippen MR) is 131 cm³/mol. The largest absolute Gasteiger partial charge is 0.378 e. The van der Waals surface area contributed by atoms with Gasteiger partial charge in [0.25, 0.3) is 11.8 Å². The zero-order chi connectivity index (χ0) is 25.3. The Morgan fingerprint density at radius 2 is 1.57 bits per heavy atom. The number of carbonyl (C=O) groups is 3. The van der Waals surface area contributed by atoms with Gasteiger partial charge in [-0.2, -0.15) is 8.42 Å². The highest BCUT2D eigenvalue weighted by atomic mass is 35.5. The monoisotopic (exact) mass is 530 g/mol. The molecule has 1 fully saturated rings. The molecule has 4 amide bonds. The number of hydrogen-bond donors (Lipinski definition) is 1. The molecule has 178 valence electrons. The van der Waals surface area contributed by atoms with Crippen LogP contribution in [0.3, 0.4) is 0 Å². The molecular weight excluding hydrogens is 515 g/mol. The molecular formula is C24H16Cl2N2O6S. The molecule has 0 saturated carbocycles. The maximum Gasteiger partial charge on any atom is 0.339 e. The molecule has 0 aliphatic carbocycles. The second-order valence-corrected chi connectivity index (χ2v) is 9.84. The van der Waals surface area contributed by atoms with E-state index in [2.05, 4.69) is 5.32 Å². The summed E-state index contributed by atoms with van der Waals surface area (Å²) in [7, 11) is -4.23. The van der Waals surface area contributed by atoms with Crippen LogP contribution in [0.4, 0.5) is 10.5 Å². The van der Waals surface area contributed by atoms with Crippen molar-refractivity contribution in [3.8, 4) is 5.75 Å². The van der Waals surface area contributed by atoms with Gasteiger partial charge in [-0.25, -0.2) is 9.69 Å². The van der Waals surface area contributed by atoms with Crippen LogP contribution in [0.5, 0.6) is 5.75 Å². The first-order chi connectivity index (χ1) is 16.6. The molecule has 0 unspecified atom stereocenters. The number of anilines is 1. The summed E-state index contributed by atoms with van der Waals surface area (Å²) in [5, 5.41) is 2.59. The van der Waals surface area contributed by atoms with Gasteiger partial charge in [0.15, 0.2) is 0 Å². The third kappa shape index (κ3) is 5.07. The second-order valence-electron chi connectivity index (χ2n) is 7.42. The van der Waals surface area contributed by atoms with E-state index in [-0.39, 0.29) is 31.9 Å². The number of aryl methyl sites for hydroxylation is 1. The van der Waals surface area contributed by atoms with E-state index >= 15 is 0 Å². The number of nitrogens with zero attached hydrogens (tertiary/aromatic N) is 1. The van der Waals surface area contributed by atoms with E-state index in [0.29, 0.717) is 5.56 Å². The van der Waals surface area contributed by atoms with Crippen molar-refractivity contribution in [3.05, 3.63) is 93.5 Å². The molecule has 11 heteroatoms. The topological polar surface area (TPSA) is 110 Å². The molecule has 0 radical (unpaired) electrons. The minimum atomic E-state index is -4.23. The first-order valence-corrected chi connectivity index (χ1v) is 12.2. The van der Waals surface area contributed by atoms with Gasteiger partial charge < -0.3 is 4.18 Å². The molecule has 8 nitrogen and oxygen atoms in total. The van der Waals surface area contributed by atoms with Crippen LogP contribution >= 0.6 is 23.2 Å². The zero-order valence-electron chi connectivity index (χ0n) is 18.0. The molecule has 1 saturated heterocycles. The Morgan fingerprint density at radius 3 is 2.29 bits per heavy atom. The van der Waals surface area contributed by atoms with E-state index in [9.17, 15) is 22.8 Å². The van der Waals surface area contributed by atoms with Crippen molar-refractivity contribution in [2.24, 2.45) is 0 Å². The summed E-state index contributed by atoms with van der Waals surface area (Å²) in [4.78, 5) is 39.1. The molecule has 0 bridgehead atoms. The average molecular weight is 531 g/mol. The quantitative estimate of drug-likeness (QED) is 0.290. The number of benzene rings is 3. The summed E-state index contributed by atoms with van der Waals surface area (Å²) in [6, 6.07) is 15.2. The Morgan fingerprint density at radius 1 is 0.914 bits per heavy atom. The van der Waals surface area contributed by atoms with E-state index in [1.54, 1.807) is 25.1 Å². The van der Waals surface area contributed by atoms with E-state index < -0.39 is 33.5 Å². The molecule has 4 rings (SSSR count). The summed E-state index contributed by atoms with van der Waals surface area (Å²) < 4.78 is 30.7. The van der Waals surface area contributed by atoms with E-state index in [1.807, 2.05) is 0 Å². The summed E-state index contributed by atoms with van der Waals surface area (Å²) in [5.74, 6) is -2.07. The molecule has 0 aromatic heterocycles. The van der Waals surface area contributed by atoms with Gasteiger partial charge in [-0.05, 0) is 61.0 Å².